The van der Waals surface area contributed by atoms with Crippen LogP contribution in [0, 0.1) is 0 Å². The summed E-state index contributed by atoms with van der Waals surface area (Å²) < 4.78 is 1.84. The average molecular weight is 365 g/mol. The zero-order chi connectivity index (χ0) is 12.9. The van der Waals surface area contributed by atoms with Crippen molar-refractivity contribution in [3.8, 4) is 0 Å². The molecule has 0 unspecified atom stereocenters. The van der Waals surface area contributed by atoms with Crippen molar-refractivity contribution in [3.63, 3.8) is 0 Å². The molecular weight excluding hydrogens is 341 g/mol. The van der Waals surface area contributed by atoms with Crippen molar-refractivity contribution >= 4 is 29.9 Å². The fourth-order valence-electron chi connectivity index (χ4n) is 1.38. The molecule has 1 aromatic heterocycles. The third-order valence-corrected chi connectivity index (χ3v) is 2.16. The summed E-state index contributed by atoms with van der Waals surface area (Å²) in [7, 11) is 1.93. The highest BCUT2D eigenvalue weighted by Gasteiger charge is 2.11. The van der Waals surface area contributed by atoms with E-state index in [4.69, 9.17) is 0 Å². The number of hydrogen-bond acceptors (Lipinski definition) is 2. The van der Waals surface area contributed by atoms with Gasteiger partial charge in [-0.3, -0.25) is 4.68 Å². The summed E-state index contributed by atoms with van der Waals surface area (Å²) in [5.41, 5.74) is 1.10. The number of guanidine groups is 1. The summed E-state index contributed by atoms with van der Waals surface area (Å²) >= 11 is 0. The van der Waals surface area contributed by atoms with Crippen molar-refractivity contribution in [2.24, 2.45) is 12.0 Å². The lowest BCUT2D eigenvalue weighted by atomic mass is 10.1. The SMILES string of the molecule is CCNC(=NCc1ccnn1C)NC(C)(C)C.I. The number of aryl methyl sites for hydroxylation is 1. The zero-order valence-electron chi connectivity index (χ0n) is 11.8. The molecule has 0 saturated heterocycles. The van der Waals surface area contributed by atoms with E-state index >= 15 is 0 Å². The lowest BCUT2D eigenvalue weighted by molar-refractivity contribution is 0.501. The van der Waals surface area contributed by atoms with E-state index in [-0.39, 0.29) is 29.5 Å². The Labute approximate surface area is 126 Å². The van der Waals surface area contributed by atoms with Crippen LogP contribution in [0.25, 0.3) is 0 Å². The van der Waals surface area contributed by atoms with Crippen LogP contribution in [0.15, 0.2) is 17.3 Å². The highest BCUT2D eigenvalue weighted by molar-refractivity contribution is 14.0. The minimum Gasteiger partial charge on any atom is -0.357 e. The van der Waals surface area contributed by atoms with E-state index in [2.05, 4.69) is 48.4 Å². The van der Waals surface area contributed by atoms with Crippen LogP contribution < -0.4 is 10.6 Å². The second kappa shape index (κ2) is 7.60. The summed E-state index contributed by atoms with van der Waals surface area (Å²) in [5, 5.41) is 10.7. The number of halogens is 1. The Bertz CT molecular complexity index is 378. The lowest BCUT2D eigenvalue weighted by Crippen LogP contribution is -2.47. The summed E-state index contributed by atoms with van der Waals surface area (Å²) in [6.45, 7) is 9.89. The predicted octanol–water partition coefficient (Wildman–Crippen LogP) is 1.89. The molecule has 0 spiro atoms. The molecule has 18 heavy (non-hydrogen) atoms. The van der Waals surface area contributed by atoms with Gasteiger partial charge in [-0.1, -0.05) is 0 Å². The Morgan fingerprint density at radius 3 is 2.56 bits per heavy atom. The molecule has 104 valence electrons. The minimum absolute atomic E-state index is 0. The second-order valence-corrected chi connectivity index (χ2v) is 5.02. The molecule has 2 N–H and O–H groups in total. The summed E-state index contributed by atoms with van der Waals surface area (Å²) in [5.74, 6) is 0.834. The van der Waals surface area contributed by atoms with Crippen LogP contribution in [-0.2, 0) is 13.6 Å². The molecule has 0 fully saturated rings. The number of aliphatic imine (C=N–C) groups is 1. The molecule has 1 heterocycles. The Balaban J connectivity index is 0.00000289. The molecule has 6 heteroatoms. The van der Waals surface area contributed by atoms with Crippen LogP contribution in [0.1, 0.15) is 33.4 Å². The van der Waals surface area contributed by atoms with Crippen molar-refractivity contribution in [3.05, 3.63) is 18.0 Å². The van der Waals surface area contributed by atoms with E-state index in [1.807, 2.05) is 17.8 Å². The van der Waals surface area contributed by atoms with Crippen molar-refractivity contribution < 1.29 is 0 Å². The maximum absolute atomic E-state index is 4.54. The second-order valence-electron chi connectivity index (χ2n) is 5.02. The third kappa shape index (κ3) is 6.23. The summed E-state index contributed by atoms with van der Waals surface area (Å²) in [6, 6.07) is 1.98. The maximum atomic E-state index is 4.54. The molecular formula is C12H24IN5. The Kier molecular flexibility index (Phi) is 7.27. The van der Waals surface area contributed by atoms with E-state index in [0.717, 1.165) is 18.2 Å². The molecule has 0 bridgehead atoms. The molecule has 0 aromatic carbocycles. The fraction of sp³-hybridized carbons (Fsp3) is 0.667. The van der Waals surface area contributed by atoms with Gasteiger partial charge < -0.3 is 10.6 Å². The van der Waals surface area contributed by atoms with Gasteiger partial charge in [0.2, 0.25) is 0 Å². The molecule has 1 rings (SSSR count). The quantitative estimate of drug-likeness (QED) is 0.489. The first-order valence-electron chi connectivity index (χ1n) is 5.96. The zero-order valence-corrected chi connectivity index (χ0v) is 14.1. The molecule has 0 aliphatic carbocycles. The van der Waals surface area contributed by atoms with Gasteiger partial charge in [0.15, 0.2) is 5.96 Å². The van der Waals surface area contributed by atoms with E-state index < -0.39 is 0 Å². The van der Waals surface area contributed by atoms with Crippen LogP contribution in [0.5, 0.6) is 0 Å². The minimum atomic E-state index is 0. The van der Waals surface area contributed by atoms with Crippen molar-refractivity contribution in [1.82, 2.24) is 20.4 Å². The molecule has 0 amide bonds. The molecule has 0 radical (unpaired) electrons. The number of rotatable bonds is 3. The van der Waals surface area contributed by atoms with E-state index in [0.29, 0.717) is 6.54 Å². The highest BCUT2D eigenvalue weighted by Crippen LogP contribution is 2.01. The third-order valence-electron chi connectivity index (χ3n) is 2.16. The average Bonchev–Trinajstić information content (AvgIpc) is 2.59. The lowest BCUT2D eigenvalue weighted by Gasteiger charge is -2.23. The van der Waals surface area contributed by atoms with Gasteiger partial charge in [0, 0.05) is 25.3 Å². The highest BCUT2D eigenvalue weighted by atomic mass is 127. The molecule has 0 atom stereocenters. The van der Waals surface area contributed by atoms with Crippen molar-refractivity contribution in [2.45, 2.75) is 39.8 Å². The first-order chi connectivity index (χ1) is 7.92. The normalized spacial score (nSPS) is 11.9. The van der Waals surface area contributed by atoms with Gasteiger partial charge in [-0.05, 0) is 33.8 Å². The number of hydrogen-bond donors (Lipinski definition) is 2. The first-order valence-corrected chi connectivity index (χ1v) is 5.96. The van der Waals surface area contributed by atoms with Crippen LogP contribution in [0.4, 0.5) is 0 Å². The van der Waals surface area contributed by atoms with Gasteiger partial charge in [0.25, 0.3) is 0 Å². The summed E-state index contributed by atoms with van der Waals surface area (Å²) in [4.78, 5) is 4.54. The topological polar surface area (TPSA) is 54.2 Å². The van der Waals surface area contributed by atoms with Gasteiger partial charge in [-0.15, -0.1) is 24.0 Å². The number of nitrogens with zero attached hydrogens (tertiary/aromatic N) is 3. The van der Waals surface area contributed by atoms with E-state index in [9.17, 15) is 0 Å². The van der Waals surface area contributed by atoms with Crippen molar-refractivity contribution in [1.29, 1.82) is 0 Å². The molecule has 0 aliphatic rings. The molecule has 0 saturated carbocycles. The van der Waals surface area contributed by atoms with Gasteiger partial charge in [-0.2, -0.15) is 5.10 Å². The standard InChI is InChI=1S/C12H23N5.HI/c1-6-13-11(16-12(2,3)4)14-9-10-7-8-15-17(10)5;/h7-8H,6,9H2,1-5H3,(H2,13,14,16);1H. The van der Waals surface area contributed by atoms with E-state index in [1.165, 1.54) is 0 Å². The van der Waals surface area contributed by atoms with Gasteiger partial charge in [0.1, 0.15) is 0 Å². The van der Waals surface area contributed by atoms with Crippen LogP contribution in [0.2, 0.25) is 0 Å². The Morgan fingerprint density at radius 2 is 2.11 bits per heavy atom. The maximum Gasteiger partial charge on any atom is 0.192 e. The monoisotopic (exact) mass is 365 g/mol. The Morgan fingerprint density at radius 1 is 1.44 bits per heavy atom. The van der Waals surface area contributed by atoms with Crippen LogP contribution in [-0.4, -0.2) is 27.8 Å². The predicted molar refractivity (Wildman–Crippen MR) is 86.3 cm³/mol. The first kappa shape index (κ1) is 17.2. The van der Waals surface area contributed by atoms with Crippen molar-refractivity contribution in [2.75, 3.05) is 6.54 Å². The van der Waals surface area contributed by atoms with Gasteiger partial charge in [0.05, 0.1) is 12.2 Å². The largest absolute Gasteiger partial charge is 0.357 e. The van der Waals surface area contributed by atoms with Crippen LogP contribution >= 0.6 is 24.0 Å². The van der Waals surface area contributed by atoms with Crippen LogP contribution in [0.3, 0.4) is 0 Å². The van der Waals surface area contributed by atoms with E-state index in [1.54, 1.807) is 6.20 Å². The van der Waals surface area contributed by atoms with Gasteiger partial charge >= 0.3 is 0 Å². The number of nitrogens with one attached hydrogen (secondary N) is 2. The smallest absolute Gasteiger partial charge is 0.192 e. The fourth-order valence-corrected chi connectivity index (χ4v) is 1.38. The number of aromatic nitrogens is 2. The molecule has 0 aliphatic heterocycles. The summed E-state index contributed by atoms with van der Waals surface area (Å²) in [6.07, 6.45) is 1.79. The Hall–Kier alpha value is -0.790. The molecule has 1 aromatic rings. The van der Waals surface area contributed by atoms with Gasteiger partial charge in [-0.25, -0.2) is 4.99 Å². The molecule has 5 nitrogen and oxygen atoms in total.